The predicted octanol–water partition coefficient (Wildman–Crippen LogP) is -0.465. The fourth-order valence-electron chi connectivity index (χ4n) is 2.38. The van der Waals surface area contributed by atoms with Gasteiger partial charge in [-0.25, -0.2) is 0 Å². The summed E-state index contributed by atoms with van der Waals surface area (Å²) in [5, 5.41) is 20.9. The van der Waals surface area contributed by atoms with Gasteiger partial charge in [0, 0.05) is 18.7 Å². The molecule has 1 rings (SSSR count). The van der Waals surface area contributed by atoms with Crippen molar-refractivity contribution in [3.05, 3.63) is 17.5 Å². The molecular formula is C17H28N4O5. The molecule has 1 aromatic heterocycles. The first-order chi connectivity index (χ1) is 12.3. The summed E-state index contributed by atoms with van der Waals surface area (Å²) in [6, 6.07) is 1.36. The molecule has 0 saturated heterocycles. The molecule has 9 heteroatoms. The Morgan fingerprint density at radius 2 is 1.96 bits per heavy atom. The normalized spacial score (nSPS) is 12.0. The average molecular weight is 368 g/mol. The lowest BCUT2D eigenvalue weighted by atomic mass is 10.0. The van der Waals surface area contributed by atoms with Gasteiger partial charge in [0.1, 0.15) is 12.4 Å². The van der Waals surface area contributed by atoms with Crippen LogP contribution >= 0.6 is 0 Å². The van der Waals surface area contributed by atoms with Gasteiger partial charge in [0.2, 0.25) is 11.8 Å². The van der Waals surface area contributed by atoms with E-state index in [4.69, 9.17) is 9.63 Å². The molecule has 0 bridgehead atoms. The zero-order valence-corrected chi connectivity index (χ0v) is 15.5. The standard InChI is InChI=1S/C17H28N4O5/c1-11(2)4-14(8-18-7-12(3)23)20-17(25)9-19-16(24)6-13-5-15(10-22)26-21-13/h5,11,14,18,22H,4,6-10H2,1-3H3,(H,19,24)(H,20,25). The second kappa shape index (κ2) is 11.4. The molecule has 1 unspecified atom stereocenters. The molecule has 1 aromatic rings. The lowest BCUT2D eigenvalue weighted by Crippen LogP contribution is -2.47. The number of hydrogen-bond donors (Lipinski definition) is 4. The van der Waals surface area contributed by atoms with E-state index in [1.807, 2.05) is 13.8 Å². The summed E-state index contributed by atoms with van der Waals surface area (Å²) in [6.07, 6.45) is 0.722. The van der Waals surface area contributed by atoms with Crippen LogP contribution in [0.2, 0.25) is 0 Å². The van der Waals surface area contributed by atoms with Crippen LogP contribution in [0.3, 0.4) is 0 Å². The SMILES string of the molecule is CC(=O)CNCC(CC(C)C)NC(=O)CNC(=O)Cc1cc(CO)on1. The van der Waals surface area contributed by atoms with Gasteiger partial charge >= 0.3 is 0 Å². The number of hydrogen-bond acceptors (Lipinski definition) is 7. The summed E-state index contributed by atoms with van der Waals surface area (Å²) in [5.41, 5.74) is 0.387. The van der Waals surface area contributed by atoms with Gasteiger partial charge < -0.3 is 25.6 Å². The van der Waals surface area contributed by atoms with Crippen LogP contribution in [0.25, 0.3) is 0 Å². The second-order valence-corrected chi connectivity index (χ2v) is 6.62. The molecule has 0 radical (unpaired) electrons. The van der Waals surface area contributed by atoms with Crippen molar-refractivity contribution in [1.29, 1.82) is 0 Å². The van der Waals surface area contributed by atoms with Crippen molar-refractivity contribution >= 4 is 17.6 Å². The predicted molar refractivity (Wildman–Crippen MR) is 94.1 cm³/mol. The van der Waals surface area contributed by atoms with Gasteiger partial charge in [-0.1, -0.05) is 19.0 Å². The largest absolute Gasteiger partial charge is 0.388 e. The van der Waals surface area contributed by atoms with Crippen LogP contribution in [0.15, 0.2) is 10.6 Å². The van der Waals surface area contributed by atoms with Crippen molar-refractivity contribution in [3.8, 4) is 0 Å². The van der Waals surface area contributed by atoms with E-state index in [-0.39, 0.29) is 55.5 Å². The van der Waals surface area contributed by atoms with Crippen LogP contribution in [0.1, 0.15) is 38.6 Å². The quantitative estimate of drug-likeness (QED) is 0.392. The maximum Gasteiger partial charge on any atom is 0.239 e. The molecule has 0 saturated carbocycles. The first kappa shape index (κ1) is 21.8. The highest BCUT2D eigenvalue weighted by atomic mass is 16.5. The molecule has 0 fully saturated rings. The highest BCUT2D eigenvalue weighted by Crippen LogP contribution is 2.05. The van der Waals surface area contributed by atoms with E-state index in [0.717, 1.165) is 6.42 Å². The van der Waals surface area contributed by atoms with E-state index in [2.05, 4.69) is 21.1 Å². The molecule has 26 heavy (non-hydrogen) atoms. The summed E-state index contributed by atoms with van der Waals surface area (Å²) >= 11 is 0. The highest BCUT2D eigenvalue weighted by Gasteiger charge is 2.15. The van der Waals surface area contributed by atoms with Gasteiger partial charge in [0.25, 0.3) is 0 Å². The molecule has 0 aromatic carbocycles. The third kappa shape index (κ3) is 9.28. The van der Waals surface area contributed by atoms with E-state index < -0.39 is 0 Å². The minimum Gasteiger partial charge on any atom is -0.388 e. The zero-order chi connectivity index (χ0) is 19.5. The van der Waals surface area contributed by atoms with Crippen LogP contribution in [-0.2, 0) is 27.4 Å². The van der Waals surface area contributed by atoms with Gasteiger partial charge in [-0.2, -0.15) is 0 Å². The molecular weight excluding hydrogens is 340 g/mol. The number of aromatic nitrogens is 1. The number of amides is 2. The summed E-state index contributed by atoms with van der Waals surface area (Å²) in [4.78, 5) is 34.9. The highest BCUT2D eigenvalue weighted by molar-refractivity contribution is 5.85. The number of ketones is 1. The molecule has 2 amide bonds. The molecule has 9 nitrogen and oxygen atoms in total. The van der Waals surface area contributed by atoms with Crippen LogP contribution in [0, 0.1) is 5.92 Å². The Hall–Kier alpha value is -2.26. The van der Waals surface area contributed by atoms with Crippen LogP contribution in [-0.4, -0.2) is 53.5 Å². The van der Waals surface area contributed by atoms with Crippen molar-refractivity contribution in [2.24, 2.45) is 5.92 Å². The van der Waals surface area contributed by atoms with Crippen LogP contribution in [0.4, 0.5) is 0 Å². The Bertz CT molecular complexity index is 600. The number of Topliss-reactive ketones (excluding diaryl/α,β-unsaturated/α-hetero) is 1. The Labute approximate surface area is 152 Å². The van der Waals surface area contributed by atoms with E-state index in [9.17, 15) is 14.4 Å². The average Bonchev–Trinajstić information content (AvgIpc) is 2.99. The molecule has 4 N–H and O–H groups in total. The Morgan fingerprint density at radius 1 is 1.23 bits per heavy atom. The smallest absolute Gasteiger partial charge is 0.239 e. The Morgan fingerprint density at radius 3 is 2.54 bits per heavy atom. The monoisotopic (exact) mass is 368 g/mol. The van der Waals surface area contributed by atoms with E-state index in [1.54, 1.807) is 0 Å². The number of nitrogens with one attached hydrogen (secondary N) is 3. The first-order valence-electron chi connectivity index (χ1n) is 8.61. The molecule has 0 aliphatic heterocycles. The number of rotatable bonds is 12. The lowest BCUT2D eigenvalue weighted by Gasteiger charge is -2.21. The number of aliphatic hydroxyl groups excluding tert-OH is 1. The number of carbonyl (C=O) groups is 3. The Balaban J connectivity index is 2.38. The summed E-state index contributed by atoms with van der Waals surface area (Å²) in [6.45, 7) is 5.90. The second-order valence-electron chi connectivity index (χ2n) is 6.62. The topological polar surface area (TPSA) is 134 Å². The number of nitrogens with zero attached hydrogens (tertiary/aromatic N) is 1. The van der Waals surface area contributed by atoms with E-state index in [1.165, 1.54) is 13.0 Å². The molecule has 0 aliphatic rings. The minimum atomic E-state index is -0.368. The van der Waals surface area contributed by atoms with Gasteiger partial charge in [-0.05, 0) is 19.3 Å². The minimum absolute atomic E-state index is 0.0316. The molecule has 146 valence electrons. The van der Waals surface area contributed by atoms with Crippen molar-refractivity contribution in [3.63, 3.8) is 0 Å². The fraction of sp³-hybridized carbons (Fsp3) is 0.647. The van der Waals surface area contributed by atoms with Crippen molar-refractivity contribution in [2.45, 2.75) is 46.3 Å². The van der Waals surface area contributed by atoms with Gasteiger partial charge in [-0.15, -0.1) is 0 Å². The Kier molecular flexibility index (Phi) is 9.53. The maximum absolute atomic E-state index is 12.1. The lowest BCUT2D eigenvalue weighted by molar-refractivity contribution is -0.126. The number of carbonyl (C=O) groups excluding carboxylic acids is 3. The number of aliphatic hydroxyl groups is 1. The van der Waals surface area contributed by atoms with Crippen molar-refractivity contribution in [2.75, 3.05) is 19.6 Å². The van der Waals surface area contributed by atoms with Gasteiger partial charge in [0.05, 0.1) is 25.2 Å². The first-order valence-corrected chi connectivity index (χ1v) is 8.61. The van der Waals surface area contributed by atoms with Gasteiger partial charge in [0.15, 0.2) is 5.76 Å². The summed E-state index contributed by atoms with van der Waals surface area (Å²) in [7, 11) is 0. The van der Waals surface area contributed by atoms with Gasteiger partial charge in [-0.3, -0.25) is 14.4 Å². The zero-order valence-electron chi connectivity index (χ0n) is 15.5. The molecule has 1 heterocycles. The van der Waals surface area contributed by atoms with E-state index in [0.29, 0.717) is 18.2 Å². The summed E-state index contributed by atoms with van der Waals surface area (Å²) in [5.74, 6) is 0.0176. The van der Waals surface area contributed by atoms with Crippen molar-refractivity contribution in [1.82, 2.24) is 21.1 Å². The third-order valence-electron chi connectivity index (χ3n) is 3.44. The molecule has 1 atom stereocenters. The third-order valence-corrected chi connectivity index (χ3v) is 3.44. The molecule has 0 aliphatic carbocycles. The fourth-order valence-corrected chi connectivity index (χ4v) is 2.38. The van der Waals surface area contributed by atoms with Crippen molar-refractivity contribution < 1.29 is 24.0 Å². The van der Waals surface area contributed by atoms with E-state index >= 15 is 0 Å². The molecule has 0 spiro atoms. The maximum atomic E-state index is 12.1. The summed E-state index contributed by atoms with van der Waals surface area (Å²) < 4.78 is 4.79. The van der Waals surface area contributed by atoms with Crippen LogP contribution < -0.4 is 16.0 Å². The van der Waals surface area contributed by atoms with Crippen LogP contribution in [0.5, 0.6) is 0 Å².